The smallest absolute Gasteiger partial charge is 0.242 e. The molecule has 3 aliphatic rings. The maximum Gasteiger partial charge on any atom is 0.242 e. The molecule has 0 bridgehead atoms. The first-order chi connectivity index (χ1) is 11.9. The number of nitrogens with one attached hydrogen (secondary N) is 1. The van der Waals surface area contributed by atoms with Crippen LogP contribution in [0.3, 0.4) is 0 Å². The van der Waals surface area contributed by atoms with Crippen molar-refractivity contribution in [1.82, 2.24) is 15.1 Å². The largest absolute Gasteiger partial charge is 0.354 e. The number of rotatable bonds is 5. The van der Waals surface area contributed by atoms with Gasteiger partial charge in [-0.05, 0) is 38.5 Å². The van der Waals surface area contributed by atoms with E-state index in [1.807, 2.05) is 9.80 Å². The molecule has 0 spiro atoms. The van der Waals surface area contributed by atoms with Crippen LogP contribution in [0.1, 0.15) is 39.5 Å². The topological polar surface area (TPSA) is 82.1 Å². The fourth-order valence-electron chi connectivity index (χ4n) is 3.43. The molecule has 7 nitrogen and oxygen atoms in total. The molecule has 0 radical (unpaired) electrons. The van der Waals surface area contributed by atoms with Crippen molar-refractivity contribution in [2.45, 2.75) is 51.6 Å². The number of hydrogen-bond donors (Lipinski definition) is 1. The lowest BCUT2D eigenvalue weighted by Crippen LogP contribution is -2.56. The molecule has 26 heavy (non-hydrogen) atoms. The normalized spacial score (nSPS) is 27.2. The standard InChI is InChI=1S/C17H30N4O3S.HI/c1-3-13(2)19-17(18-10-14-6-9-25(23,24)12-14)20-7-8-21(15-4-5-15)16(22)11-20;/h13-15H,3-12H2,1-2H3,(H,18,19);1H. The van der Waals surface area contributed by atoms with E-state index in [0.29, 0.717) is 25.6 Å². The van der Waals surface area contributed by atoms with E-state index >= 15 is 0 Å². The summed E-state index contributed by atoms with van der Waals surface area (Å²) in [6, 6.07) is 0.726. The summed E-state index contributed by atoms with van der Waals surface area (Å²) in [6.07, 6.45) is 3.92. The van der Waals surface area contributed by atoms with Crippen LogP contribution in [0.25, 0.3) is 0 Å². The zero-order valence-electron chi connectivity index (χ0n) is 15.7. The van der Waals surface area contributed by atoms with Crippen LogP contribution in [0, 0.1) is 5.92 Å². The lowest BCUT2D eigenvalue weighted by molar-refractivity contribution is -0.135. The SMILES string of the molecule is CCC(C)NC(=NCC1CCS(=O)(=O)C1)N1CCN(C2CC2)C(=O)C1.I. The van der Waals surface area contributed by atoms with E-state index in [1.165, 1.54) is 0 Å². The molecule has 0 aromatic heterocycles. The minimum atomic E-state index is -2.88. The Hall–Kier alpha value is -0.580. The Balaban J connectivity index is 0.00000243. The fraction of sp³-hybridized carbons (Fsp3) is 0.882. The summed E-state index contributed by atoms with van der Waals surface area (Å²) in [5.74, 6) is 1.54. The number of sulfone groups is 1. The van der Waals surface area contributed by atoms with Crippen molar-refractivity contribution < 1.29 is 13.2 Å². The number of piperazine rings is 1. The van der Waals surface area contributed by atoms with Gasteiger partial charge < -0.3 is 15.1 Å². The van der Waals surface area contributed by atoms with E-state index in [4.69, 9.17) is 4.99 Å². The first-order valence-electron chi connectivity index (χ1n) is 9.43. The molecule has 1 saturated carbocycles. The quantitative estimate of drug-likeness (QED) is 0.349. The molecule has 2 heterocycles. The number of carbonyl (C=O) groups is 1. The molecule has 2 unspecified atom stereocenters. The molecule has 1 aliphatic carbocycles. The maximum atomic E-state index is 12.4. The molecule has 2 saturated heterocycles. The molecule has 2 atom stereocenters. The first kappa shape index (κ1) is 21.7. The lowest BCUT2D eigenvalue weighted by Gasteiger charge is -2.37. The van der Waals surface area contributed by atoms with E-state index in [1.54, 1.807) is 0 Å². The van der Waals surface area contributed by atoms with Gasteiger partial charge in [0.1, 0.15) is 0 Å². The van der Waals surface area contributed by atoms with Gasteiger partial charge in [0, 0.05) is 31.7 Å². The number of carbonyl (C=O) groups excluding carboxylic acids is 1. The van der Waals surface area contributed by atoms with Crippen LogP contribution in [0.15, 0.2) is 4.99 Å². The van der Waals surface area contributed by atoms with Gasteiger partial charge >= 0.3 is 0 Å². The van der Waals surface area contributed by atoms with Gasteiger partial charge in [0.2, 0.25) is 5.91 Å². The Morgan fingerprint density at radius 2 is 2.04 bits per heavy atom. The Bertz CT molecular complexity index is 636. The van der Waals surface area contributed by atoms with Crippen LogP contribution in [0.5, 0.6) is 0 Å². The van der Waals surface area contributed by atoms with Crippen molar-refractivity contribution in [2.24, 2.45) is 10.9 Å². The minimum absolute atomic E-state index is 0. The fourth-order valence-corrected chi connectivity index (χ4v) is 5.28. The van der Waals surface area contributed by atoms with Gasteiger partial charge in [0.15, 0.2) is 15.8 Å². The summed E-state index contributed by atoms with van der Waals surface area (Å²) >= 11 is 0. The number of nitrogens with zero attached hydrogens (tertiary/aromatic N) is 3. The van der Waals surface area contributed by atoms with Gasteiger partial charge in [-0.1, -0.05) is 6.92 Å². The highest BCUT2D eigenvalue weighted by Gasteiger charge is 2.36. The Morgan fingerprint density at radius 3 is 2.58 bits per heavy atom. The van der Waals surface area contributed by atoms with Crippen LogP contribution in [-0.2, 0) is 14.6 Å². The monoisotopic (exact) mass is 498 g/mol. The molecule has 2 aliphatic heterocycles. The third-order valence-electron chi connectivity index (χ3n) is 5.36. The summed E-state index contributed by atoms with van der Waals surface area (Å²) in [4.78, 5) is 21.1. The van der Waals surface area contributed by atoms with Gasteiger partial charge in [0.25, 0.3) is 0 Å². The summed E-state index contributed by atoms with van der Waals surface area (Å²) in [5, 5.41) is 3.42. The van der Waals surface area contributed by atoms with E-state index in [2.05, 4.69) is 19.2 Å². The van der Waals surface area contributed by atoms with Crippen LogP contribution >= 0.6 is 24.0 Å². The number of aliphatic imine (C=N–C) groups is 1. The molecule has 0 aromatic carbocycles. The van der Waals surface area contributed by atoms with E-state index in [9.17, 15) is 13.2 Å². The predicted molar refractivity (Wildman–Crippen MR) is 114 cm³/mol. The molecule has 0 aromatic rings. The molecular formula is C17H31IN4O3S. The average Bonchev–Trinajstić information content (AvgIpc) is 3.34. The van der Waals surface area contributed by atoms with E-state index < -0.39 is 9.84 Å². The van der Waals surface area contributed by atoms with Gasteiger partial charge in [0.05, 0.1) is 18.1 Å². The summed E-state index contributed by atoms with van der Waals surface area (Å²) in [6.45, 7) is 6.61. The second-order valence-corrected chi connectivity index (χ2v) is 9.86. The third-order valence-corrected chi connectivity index (χ3v) is 7.20. The van der Waals surface area contributed by atoms with Crippen molar-refractivity contribution in [2.75, 3.05) is 37.7 Å². The van der Waals surface area contributed by atoms with Crippen molar-refractivity contribution in [3.05, 3.63) is 0 Å². The number of guanidine groups is 1. The highest BCUT2D eigenvalue weighted by atomic mass is 127. The van der Waals surface area contributed by atoms with Crippen molar-refractivity contribution in [3.63, 3.8) is 0 Å². The van der Waals surface area contributed by atoms with Crippen molar-refractivity contribution >= 4 is 45.7 Å². The third kappa shape index (κ3) is 5.71. The van der Waals surface area contributed by atoms with Crippen LogP contribution in [-0.4, -0.2) is 79.9 Å². The van der Waals surface area contributed by atoms with E-state index in [0.717, 1.165) is 38.3 Å². The lowest BCUT2D eigenvalue weighted by atomic mass is 10.1. The number of hydrogen-bond acceptors (Lipinski definition) is 4. The average molecular weight is 498 g/mol. The second kappa shape index (κ2) is 9.07. The molecule has 1 amide bonds. The zero-order chi connectivity index (χ0) is 18.0. The molecule has 3 rings (SSSR count). The first-order valence-corrected chi connectivity index (χ1v) is 11.3. The van der Waals surface area contributed by atoms with Crippen molar-refractivity contribution in [3.8, 4) is 0 Å². The van der Waals surface area contributed by atoms with Crippen LogP contribution < -0.4 is 5.32 Å². The molecule has 9 heteroatoms. The minimum Gasteiger partial charge on any atom is -0.354 e. The summed E-state index contributed by atoms with van der Waals surface area (Å²) in [7, 11) is -2.88. The van der Waals surface area contributed by atoms with Crippen LogP contribution in [0.4, 0.5) is 0 Å². The number of halogens is 1. The highest BCUT2D eigenvalue weighted by molar-refractivity contribution is 14.0. The van der Waals surface area contributed by atoms with Crippen molar-refractivity contribution in [1.29, 1.82) is 0 Å². The van der Waals surface area contributed by atoms with Gasteiger partial charge in [-0.2, -0.15) is 0 Å². The van der Waals surface area contributed by atoms with Crippen LogP contribution in [0.2, 0.25) is 0 Å². The van der Waals surface area contributed by atoms with Gasteiger partial charge in [-0.15, -0.1) is 24.0 Å². The number of amides is 1. The molecule has 3 fully saturated rings. The Morgan fingerprint density at radius 1 is 1.31 bits per heavy atom. The van der Waals surface area contributed by atoms with E-state index in [-0.39, 0.29) is 53.3 Å². The Labute approximate surface area is 173 Å². The second-order valence-electron chi connectivity index (χ2n) is 7.63. The molecule has 1 N–H and O–H groups in total. The highest BCUT2D eigenvalue weighted by Crippen LogP contribution is 2.28. The molecular weight excluding hydrogens is 467 g/mol. The summed E-state index contributed by atoms with van der Waals surface area (Å²) < 4.78 is 23.3. The summed E-state index contributed by atoms with van der Waals surface area (Å²) in [5.41, 5.74) is 0. The van der Waals surface area contributed by atoms with Gasteiger partial charge in [-0.3, -0.25) is 9.79 Å². The molecule has 150 valence electrons. The maximum absolute atomic E-state index is 12.4. The van der Waals surface area contributed by atoms with Gasteiger partial charge in [-0.25, -0.2) is 8.42 Å². The zero-order valence-corrected chi connectivity index (χ0v) is 18.8. The predicted octanol–water partition coefficient (Wildman–Crippen LogP) is 1.09. The Kier molecular flexibility index (Phi) is 7.58.